The number of nitrogens with zero attached hydrogens (tertiary/aromatic N) is 1. The maximum atomic E-state index is 12.4. The fraction of sp³-hybridized carbons (Fsp3) is 0.300. The first kappa shape index (κ1) is 16.2. The van der Waals surface area contributed by atoms with E-state index in [9.17, 15) is 9.59 Å². The lowest BCUT2D eigenvalue weighted by Gasteiger charge is -2.27. The van der Waals surface area contributed by atoms with E-state index in [2.05, 4.69) is 13.8 Å². The van der Waals surface area contributed by atoms with Crippen LogP contribution in [0.1, 0.15) is 46.5 Å². The Hall–Kier alpha value is -2.62. The number of hydrogen-bond donors (Lipinski definition) is 0. The van der Waals surface area contributed by atoms with Gasteiger partial charge in [-0.25, -0.2) is 0 Å². The molecule has 2 aromatic carbocycles. The zero-order chi connectivity index (χ0) is 17.3. The van der Waals surface area contributed by atoms with Gasteiger partial charge in [-0.1, -0.05) is 38.1 Å². The zero-order valence-corrected chi connectivity index (χ0v) is 14.2. The van der Waals surface area contributed by atoms with Gasteiger partial charge in [-0.2, -0.15) is 0 Å². The quantitative estimate of drug-likeness (QED) is 0.789. The van der Waals surface area contributed by atoms with Crippen molar-refractivity contribution in [3.63, 3.8) is 0 Å². The van der Waals surface area contributed by atoms with Crippen LogP contribution in [0.25, 0.3) is 0 Å². The fourth-order valence-electron chi connectivity index (χ4n) is 3.02. The molecule has 0 aromatic heterocycles. The highest BCUT2D eigenvalue weighted by Crippen LogP contribution is 2.30. The van der Waals surface area contributed by atoms with Gasteiger partial charge in [-0.05, 0) is 41.7 Å². The average molecular weight is 323 g/mol. The molecule has 1 aliphatic heterocycles. The van der Waals surface area contributed by atoms with E-state index in [0.29, 0.717) is 24.1 Å². The zero-order valence-electron chi connectivity index (χ0n) is 14.2. The number of carbonyl (C=O) groups is 2. The second-order valence-corrected chi connectivity index (χ2v) is 6.67. The molecule has 24 heavy (non-hydrogen) atoms. The summed E-state index contributed by atoms with van der Waals surface area (Å²) in [5.74, 6) is 0.428. The van der Waals surface area contributed by atoms with E-state index in [4.69, 9.17) is 4.74 Å². The molecule has 0 N–H and O–H groups in total. The molecular formula is C20H21NO3. The molecule has 0 unspecified atom stereocenters. The Morgan fingerprint density at radius 1 is 0.917 bits per heavy atom. The maximum Gasteiger partial charge on any atom is 0.261 e. The molecule has 1 aliphatic rings. The summed E-state index contributed by atoms with van der Waals surface area (Å²) in [6, 6.07) is 14.9. The minimum Gasteiger partial charge on any atom is -0.497 e. The Labute approximate surface area is 142 Å². The molecule has 3 rings (SSSR count). The third-order valence-corrected chi connectivity index (χ3v) is 4.71. The van der Waals surface area contributed by atoms with E-state index in [1.54, 1.807) is 31.4 Å². The summed E-state index contributed by atoms with van der Waals surface area (Å²) in [6.07, 6.45) is 0.699. The second-order valence-electron chi connectivity index (χ2n) is 6.67. The van der Waals surface area contributed by atoms with Gasteiger partial charge in [0.2, 0.25) is 0 Å². The lowest BCUT2D eigenvalue weighted by molar-refractivity contribution is 0.0644. The summed E-state index contributed by atoms with van der Waals surface area (Å²) < 4.78 is 5.19. The molecule has 1 heterocycles. The molecule has 2 amide bonds. The Morgan fingerprint density at radius 3 is 1.96 bits per heavy atom. The number of imide groups is 1. The predicted molar refractivity (Wildman–Crippen MR) is 92.4 cm³/mol. The molecule has 124 valence electrons. The Kier molecular flexibility index (Phi) is 4.14. The highest BCUT2D eigenvalue weighted by molar-refractivity contribution is 6.21. The predicted octanol–water partition coefficient (Wildman–Crippen LogP) is 3.66. The smallest absolute Gasteiger partial charge is 0.261 e. The van der Waals surface area contributed by atoms with E-state index in [-0.39, 0.29) is 17.2 Å². The summed E-state index contributed by atoms with van der Waals surface area (Å²) in [7, 11) is 1.64. The summed E-state index contributed by atoms with van der Waals surface area (Å²) in [5.41, 5.74) is 2.01. The molecule has 0 atom stereocenters. The highest BCUT2D eigenvalue weighted by atomic mass is 16.5. The van der Waals surface area contributed by atoms with Crippen molar-refractivity contribution in [2.75, 3.05) is 13.7 Å². The van der Waals surface area contributed by atoms with Crippen LogP contribution in [0.5, 0.6) is 5.75 Å². The lowest BCUT2D eigenvalue weighted by atomic mass is 9.81. The van der Waals surface area contributed by atoms with Gasteiger partial charge >= 0.3 is 0 Å². The molecule has 0 saturated heterocycles. The van der Waals surface area contributed by atoms with E-state index in [1.807, 2.05) is 24.3 Å². The Balaban J connectivity index is 1.73. The van der Waals surface area contributed by atoms with Crippen LogP contribution in [0.3, 0.4) is 0 Å². The van der Waals surface area contributed by atoms with Gasteiger partial charge in [-0.3, -0.25) is 14.5 Å². The van der Waals surface area contributed by atoms with Crippen LogP contribution in [0.15, 0.2) is 48.5 Å². The first-order valence-corrected chi connectivity index (χ1v) is 8.04. The summed E-state index contributed by atoms with van der Waals surface area (Å²) in [6.45, 7) is 4.64. The minimum atomic E-state index is -0.193. The first-order chi connectivity index (χ1) is 11.4. The normalized spacial score (nSPS) is 14.0. The third-order valence-electron chi connectivity index (χ3n) is 4.71. The lowest BCUT2D eigenvalue weighted by Crippen LogP contribution is -2.34. The number of benzene rings is 2. The van der Waals surface area contributed by atoms with Crippen LogP contribution < -0.4 is 4.74 Å². The molecular weight excluding hydrogens is 302 g/mol. The molecule has 0 aliphatic carbocycles. The largest absolute Gasteiger partial charge is 0.497 e. The van der Waals surface area contributed by atoms with Gasteiger partial charge in [0.25, 0.3) is 11.8 Å². The van der Waals surface area contributed by atoms with Crippen LogP contribution in [0, 0.1) is 0 Å². The number of fused-ring (bicyclic) bond motifs is 1. The summed E-state index contributed by atoms with van der Waals surface area (Å²) in [5, 5.41) is 0. The van der Waals surface area contributed by atoms with E-state index >= 15 is 0 Å². The topological polar surface area (TPSA) is 46.6 Å². The molecule has 0 spiro atoms. The monoisotopic (exact) mass is 323 g/mol. The van der Waals surface area contributed by atoms with Crippen LogP contribution in [0.2, 0.25) is 0 Å². The number of carbonyl (C=O) groups excluding carboxylic acids is 2. The van der Waals surface area contributed by atoms with Crippen LogP contribution >= 0.6 is 0 Å². The van der Waals surface area contributed by atoms with E-state index < -0.39 is 0 Å². The van der Waals surface area contributed by atoms with Crippen molar-refractivity contribution in [1.29, 1.82) is 0 Å². The van der Waals surface area contributed by atoms with Gasteiger partial charge < -0.3 is 4.74 Å². The number of hydrogen-bond acceptors (Lipinski definition) is 3. The number of methoxy groups -OCH3 is 1. The number of amides is 2. The standard InChI is InChI=1S/C20H21NO3/c1-20(2,14-8-10-15(24-3)11-9-14)12-13-21-18(22)16-6-4-5-7-17(16)19(21)23/h4-11H,12-13H2,1-3H3. The van der Waals surface area contributed by atoms with E-state index in [1.165, 1.54) is 4.90 Å². The number of rotatable bonds is 5. The van der Waals surface area contributed by atoms with Crippen molar-refractivity contribution in [1.82, 2.24) is 4.90 Å². The molecule has 0 saturated carbocycles. The van der Waals surface area contributed by atoms with Gasteiger partial charge in [0.15, 0.2) is 0 Å². The molecule has 4 heteroatoms. The SMILES string of the molecule is COc1ccc(C(C)(C)CCN2C(=O)c3ccccc3C2=O)cc1. The molecule has 0 bridgehead atoms. The highest BCUT2D eigenvalue weighted by Gasteiger charge is 2.36. The van der Waals surface area contributed by atoms with Crippen molar-refractivity contribution in [3.8, 4) is 5.75 Å². The van der Waals surface area contributed by atoms with Crippen LogP contribution in [-0.2, 0) is 5.41 Å². The van der Waals surface area contributed by atoms with Crippen LogP contribution in [-0.4, -0.2) is 30.4 Å². The number of ether oxygens (including phenoxy) is 1. The minimum absolute atomic E-state index is 0.151. The van der Waals surface area contributed by atoms with Gasteiger partial charge in [0.1, 0.15) is 5.75 Å². The first-order valence-electron chi connectivity index (χ1n) is 8.04. The molecule has 4 nitrogen and oxygen atoms in total. The Bertz CT molecular complexity index is 743. The van der Waals surface area contributed by atoms with Crippen molar-refractivity contribution in [3.05, 3.63) is 65.2 Å². The summed E-state index contributed by atoms with van der Waals surface area (Å²) >= 11 is 0. The van der Waals surface area contributed by atoms with Crippen LogP contribution in [0.4, 0.5) is 0 Å². The van der Waals surface area contributed by atoms with Gasteiger partial charge in [0.05, 0.1) is 18.2 Å². The van der Waals surface area contributed by atoms with Gasteiger partial charge in [0, 0.05) is 6.54 Å². The fourth-order valence-corrected chi connectivity index (χ4v) is 3.02. The third kappa shape index (κ3) is 2.80. The Morgan fingerprint density at radius 2 is 1.46 bits per heavy atom. The summed E-state index contributed by atoms with van der Waals surface area (Å²) in [4.78, 5) is 26.2. The molecule has 0 radical (unpaired) electrons. The maximum absolute atomic E-state index is 12.4. The van der Waals surface area contributed by atoms with Gasteiger partial charge in [-0.15, -0.1) is 0 Å². The van der Waals surface area contributed by atoms with Crippen molar-refractivity contribution in [2.24, 2.45) is 0 Å². The molecule has 0 fully saturated rings. The second kappa shape index (κ2) is 6.11. The average Bonchev–Trinajstić information content (AvgIpc) is 2.84. The van der Waals surface area contributed by atoms with Crippen molar-refractivity contribution in [2.45, 2.75) is 25.7 Å². The molecule has 2 aromatic rings. The van der Waals surface area contributed by atoms with E-state index in [0.717, 1.165) is 11.3 Å². The van der Waals surface area contributed by atoms with Crippen molar-refractivity contribution < 1.29 is 14.3 Å². The van der Waals surface area contributed by atoms with Crippen molar-refractivity contribution >= 4 is 11.8 Å².